The average Bonchev–Trinajstić information content (AvgIpc) is 3.11. The van der Waals surface area contributed by atoms with Crippen molar-refractivity contribution in [1.82, 2.24) is 20.4 Å². The quantitative estimate of drug-likeness (QED) is 0.719. The molecule has 0 saturated carbocycles. The standard InChI is InChI=1S/C19H15ClF2N4O/c20-14-7-11(1-6-15(14)22)9-23-18-10-24-19(27)17-8-16(25-26(17)18)12-2-4-13(21)5-3-12/h1-8,18,23H,9-10H2,(H,24,27). The number of amides is 1. The molecular formula is C19H15ClF2N4O. The van der Waals surface area contributed by atoms with Gasteiger partial charge >= 0.3 is 0 Å². The summed E-state index contributed by atoms with van der Waals surface area (Å²) in [6.07, 6.45) is -0.282. The highest BCUT2D eigenvalue weighted by atomic mass is 35.5. The van der Waals surface area contributed by atoms with Crippen molar-refractivity contribution in [3.05, 3.63) is 76.4 Å². The van der Waals surface area contributed by atoms with Crippen LogP contribution in [0.1, 0.15) is 22.2 Å². The predicted molar refractivity (Wildman–Crippen MR) is 97.2 cm³/mol. The van der Waals surface area contributed by atoms with Gasteiger partial charge in [0.25, 0.3) is 5.91 Å². The Labute approximate surface area is 159 Å². The summed E-state index contributed by atoms with van der Waals surface area (Å²) in [7, 11) is 0. The molecule has 1 atom stereocenters. The molecule has 1 aromatic heterocycles. The Kier molecular flexibility index (Phi) is 4.63. The fourth-order valence-electron chi connectivity index (χ4n) is 2.97. The molecule has 0 bridgehead atoms. The van der Waals surface area contributed by atoms with Gasteiger partial charge in [0, 0.05) is 12.1 Å². The van der Waals surface area contributed by atoms with Crippen LogP contribution in [0.15, 0.2) is 48.5 Å². The zero-order valence-corrected chi connectivity index (χ0v) is 14.8. The minimum atomic E-state index is -0.469. The molecule has 0 fully saturated rings. The molecule has 2 N–H and O–H groups in total. The molecule has 0 radical (unpaired) electrons. The summed E-state index contributed by atoms with van der Waals surface area (Å²) in [5, 5.41) is 10.7. The Morgan fingerprint density at radius 2 is 1.96 bits per heavy atom. The molecule has 0 aliphatic carbocycles. The monoisotopic (exact) mass is 388 g/mol. The fourth-order valence-corrected chi connectivity index (χ4v) is 3.18. The van der Waals surface area contributed by atoms with E-state index in [1.807, 2.05) is 0 Å². The van der Waals surface area contributed by atoms with Gasteiger partial charge in [-0.1, -0.05) is 17.7 Å². The van der Waals surface area contributed by atoms with Crippen LogP contribution >= 0.6 is 11.6 Å². The molecule has 138 valence electrons. The Morgan fingerprint density at radius 3 is 2.70 bits per heavy atom. The van der Waals surface area contributed by atoms with Crippen LogP contribution in [-0.4, -0.2) is 22.2 Å². The average molecular weight is 389 g/mol. The van der Waals surface area contributed by atoms with Crippen LogP contribution in [0.5, 0.6) is 0 Å². The molecule has 27 heavy (non-hydrogen) atoms. The molecule has 4 rings (SSSR count). The molecule has 1 aliphatic heterocycles. The van der Waals surface area contributed by atoms with Crippen molar-refractivity contribution >= 4 is 17.5 Å². The van der Waals surface area contributed by atoms with Crippen LogP contribution in [0.3, 0.4) is 0 Å². The summed E-state index contributed by atoms with van der Waals surface area (Å²) in [4.78, 5) is 12.2. The minimum Gasteiger partial charge on any atom is -0.347 e. The van der Waals surface area contributed by atoms with Gasteiger partial charge in [-0.15, -0.1) is 0 Å². The first-order chi connectivity index (χ1) is 13.0. The number of nitrogens with zero attached hydrogens (tertiary/aromatic N) is 2. The van der Waals surface area contributed by atoms with E-state index in [1.54, 1.807) is 35.0 Å². The summed E-state index contributed by atoms with van der Waals surface area (Å²) in [5.41, 5.74) is 2.52. The number of carbonyl (C=O) groups is 1. The lowest BCUT2D eigenvalue weighted by atomic mass is 10.1. The highest BCUT2D eigenvalue weighted by molar-refractivity contribution is 6.30. The van der Waals surface area contributed by atoms with Gasteiger partial charge in [0.2, 0.25) is 0 Å². The van der Waals surface area contributed by atoms with Crippen molar-refractivity contribution in [1.29, 1.82) is 0 Å². The van der Waals surface area contributed by atoms with Gasteiger partial charge in [-0.3, -0.25) is 10.1 Å². The Hall–Kier alpha value is -2.77. The lowest BCUT2D eigenvalue weighted by Crippen LogP contribution is -2.45. The number of hydrogen-bond donors (Lipinski definition) is 2. The highest BCUT2D eigenvalue weighted by Gasteiger charge is 2.27. The molecule has 0 saturated heterocycles. The molecule has 5 nitrogen and oxygen atoms in total. The first-order valence-electron chi connectivity index (χ1n) is 8.32. The molecular weight excluding hydrogens is 374 g/mol. The van der Waals surface area contributed by atoms with Gasteiger partial charge in [-0.2, -0.15) is 5.10 Å². The molecule has 8 heteroatoms. The number of rotatable bonds is 4. The van der Waals surface area contributed by atoms with Crippen molar-refractivity contribution in [2.45, 2.75) is 12.7 Å². The van der Waals surface area contributed by atoms with Gasteiger partial charge in [-0.25, -0.2) is 13.5 Å². The number of carbonyl (C=O) groups excluding carboxylic acids is 1. The van der Waals surface area contributed by atoms with Crippen LogP contribution in [0, 0.1) is 11.6 Å². The third kappa shape index (κ3) is 3.56. The number of aromatic nitrogens is 2. The summed E-state index contributed by atoms with van der Waals surface area (Å²) in [6.45, 7) is 0.775. The number of benzene rings is 2. The Bertz CT molecular complexity index is 1000. The molecule has 3 aromatic rings. The maximum Gasteiger partial charge on any atom is 0.269 e. The van der Waals surface area contributed by atoms with Gasteiger partial charge in [0.1, 0.15) is 23.5 Å². The molecule has 1 amide bonds. The second kappa shape index (κ2) is 7.09. The molecule has 1 unspecified atom stereocenters. The van der Waals surface area contributed by atoms with Gasteiger partial charge in [0.15, 0.2) is 0 Å². The topological polar surface area (TPSA) is 59.0 Å². The SMILES string of the molecule is O=C1NCC(NCc2ccc(F)c(Cl)c2)n2nc(-c3ccc(F)cc3)cc21. The van der Waals surface area contributed by atoms with Crippen LogP contribution in [-0.2, 0) is 6.54 Å². The van der Waals surface area contributed by atoms with E-state index in [0.717, 1.165) is 11.1 Å². The number of fused-ring (bicyclic) bond motifs is 1. The van der Waals surface area contributed by atoms with Gasteiger partial charge < -0.3 is 5.32 Å². The van der Waals surface area contributed by atoms with Crippen LogP contribution in [0.2, 0.25) is 5.02 Å². The van der Waals surface area contributed by atoms with Crippen molar-refractivity contribution in [3.63, 3.8) is 0 Å². The highest BCUT2D eigenvalue weighted by Crippen LogP contribution is 2.23. The summed E-state index contributed by atoms with van der Waals surface area (Å²) >= 11 is 5.81. The van der Waals surface area contributed by atoms with E-state index in [0.29, 0.717) is 24.5 Å². The maximum atomic E-state index is 13.3. The second-order valence-corrected chi connectivity index (χ2v) is 6.63. The fraction of sp³-hybridized carbons (Fsp3) is 0.158. The normalized spacial score (nSPS) is 16.1. The van der Waals surface area contributed by atoms with Crippen molar-refractivity contribution < 1.29 is 13.6 Å². The molecule has 1 aliphatic rings. The molecule has 0 spiro atoms. The van der Waals surface area contributed by atoms with E-state index in [4.69, 9.17) is 11.6 Å². The van der Waals surface area contributed by atoms with Crippen molar-refractivity contribution in [2.75, 3.05) is 6.54 Å². The van der Waals surface area contributed by atoms with Crippen LogP contribution in [0.4, 0.5) is 8.78 Å². The summed E-state index contributed by atoms with van der Waals surface area (Å²) in [6, 6.07) is 12.1. The lowest BCUT2D eigenvalue weighted by molar-refractivity contribution is 0.0900. The van der Waals surface area contributed by atoms with E-state index >= 15 is 0 Å². The van der Waals surface area contributed by atoms with Gasteiger partial charge in [0.05, 0.1) is 17.3 Å². The smallest absolute Gasteiger partial charge is 0.269 e. The number of hydrogen-bond acceptors (Lipinski definition) is 3. The maximum absolute atomic E-state index is 13.3. The number of halogens is 3. The van der Waals surface area contributed by atoms with Gasteiger partial charge in [-0.05, 0) is 48.0 Å². The minimum absolute atomic E-state index is 0.0598. The third-order valence-electron chi connectivity index (χ3n) is 4.39. The van der Waals surface area contributed by atoms with Crippen molar-refractivity contribution in [2.24, 2.45) is 0 Å². The first kappa shape index (κ1) is 17.6. The Balaban J connectivity index is 1.58. The summed E-state index contributed by atoms with van der Waals surface area (Å²) in [5.74, 6) is -1.03. The summed E-state index contributed by atoms with van der Waals surface area (Å²) < 4.78 is 28.0. The zero-order chi connectivity index (χ0) is 19.0. The lowest BCUT2D eigenvalue weighted by Gasteiger charge is -2.25. The van der Waals surface area contributed by atoms with Crippen LogP contribution < -0.4 is 10.6 Å². The Morgan fingerprint density at radius 1 is 1.19 bits per heavy atom. The van der Waals surface area contributed by atoms with E-state index < -0.39 is 5.82 Å². The first-order valence-corrected chi connectivity index (χ1v) is 8.70. The van der Waals surface area contributed by atoms with E-state index in [9.17, 15) is 13.6 Å². The van der Waals surface area contributed by atoms with E-state index in [-0.39, 0.29) is 22.9 Å². The van der Waals surface area contributed by atoms with Crippen LogP contribution in [0.25, 0.3) is 11.3 Å². The van der Waals surface area contributed by atoms with E-state index in [1.165, 1.54) is 18.2 Å². The predicted octanol–water partition coefficient (Wildman–Crippen LogP) is 3.51. The molecule has 2 heterocycles. The second-order valence-electron chi connectivity index (χ2n) is 6.22. The van der Waals surface area contributed by atoms with Crippen molar-refractivity contribution in [3.8, 4) is 11.3 Å². The van der Waals surface area contributed by atoms with E-state index in [2.05, 4.69) is 15.7 Å². The third-order valence-corrected chi connectivity index (χ3v) is 4.68. The molecule has 2 aromatic carbocycles. The number of nitrogens with one attached hydrogen (secondary N) is 2. The zero-order valence-electron chi connectivity index (χ0n) is 14.0. The largest absolute Gasteiger partial charge is 0.347 e.